The Morgan fingerprint density at radius 1 is 1.15 bits per heavy atom. The quantitative estimate of drug-likeness (QED) is 0.732. The smallest absolute Gasteiger partial charge is 0.335 e. The van der Waals surface area contributed by atoms with E-state index in [2.05, 4.69) is 0 Å². The molecular formula is C19H17F2NO4S. The highest BCUT2D eigenvalue weighted by molar-refractivity contribution is 7.89. The lowest BCUT2D eigenvalue weighted by molar-refractivity contribution is -0.138. The molecule has 0 aliphatic carbocycles. The van der Waals surface area contributed by atoms with Crippen molar-refractivity contribution in [3.63, 3.8) is 0 Å². The van der Waals surface area contributed by atoms with Crippen LogP contribution >= 0.6 is 0 Å². The van der Waals surface area contributed by atoms with Gasteiger partial charge < -0.3 is 4.74 Å². The molecule has 2 aromatic carbocycles. The molecule has 0 bridgehead atoms. The second kappa shape index (κ2) is 7.58. The highest BCUT2D eigenvalue weighted by Crippen LogP contribution is 2.38. The number of nitrogens with zero attached hydrogens (tertiary/aromatic N) is 1. The van der Waals surface area contributed by atoms with E-state index in [0.29, 0.717) is 5.56 Å². The minimum atomic E-state index is -4.11. The number of rotatable bonds is 5. The van der Waals surface area contributed by atoms with Gasteiger partial charge >= 0.3 is 5.97 Å². The summed E-state index contributed by atoms with van der Waals surface area (Å²) in [6.07, 6.45) is 1.46. The molecule has 0 saturated carbocycles. The van der Waals surface area contributed by atoms with Crippen LogP contribution in [0.4, 0.5) is 8.78 Å². The molecule has 1 aliphatic rings. The molecule has 0 amide bonds. The summed E-state index contributed by atoms with van der Waals surface area (Å²) in [5.74, 6) is -1.83. The van der Waals surface area contributed by atoms with Crippen molar-refractivity contribution in [3.05, 3.63) is 77.4 Å². The maximum Gasteiger partial charge on any atom is 0.335 e. The first-order chi connectivity index (χ1) is 12.8. The van der Waals surface area contributed by atoms with Crippen LogP contribution in [-0.4, -0.2) is 31.8 Å². The number of sulfonamides is 1. The fourth-order valence-electron chi connectivity index (χ4n) is 2.96. The van der Waals surface area contributed by atoms with Gasteiger partial charge in [-0.15, -0.1) is 0 Å². The molecule has 0 aromatic heterocycles. The van der Waals surface area contributed by atoms with E-state index < -0.39 is 33.7 Å². The maximum atomic E-state index is 13.5. The Morgan fingerprint density at radius 3 is 2.48 bits per heavy atom. The summed E-state index contributed by atoms with van der Waals surface area (Å²) in [4.78, 5) is 12.1. The average Bonchev–Trinajstić information content (AvgIpc) is 3.08. The first-order valence-corrected chi connectivity index (χ1v) is 9.68. The van der Waals surface area contributed by atoms with Gasteiger partial charge in [-0.3, -0.25) is 0 Å². The minimum Gasteiger partial charge on any atom is -0.463 e. The molecule has 1 heterocycles. The van der Waals surface area contributed by atoms with Gasteiger partial charge in [-0.25, -0.2) is 22.0 Å². The molecule has 142 valence electrons. The maximum absolute atomic E-state index is 13.5. The number of carbonyl (C=O) groups excluding carboxylic acids is 1. The van der Waals surface area contributed by atoms with Crippen LogP contribution in [0.5, 0.6) is 0 Å². The number of esters is 1. The lowest BCUT2D eigenvalue weighted by Crippen LogP contribution is -2.33. The van der Waals surface area contributed by atoms with Gasteiger partial charge in [-0.2, -0.15) is 4.31 Å². The van der Waals surface area contributed by atoms with E-state index in [-0.39, 0.29) is 23.6 Å². The van der Waals surface area contributed by atoms with E-state index in [0.717, 1.165) is 16.4 Å². The van der Waals surface area contributed by atoms with Crippen molar-refractivity contribution >= 4 is 16.0 Å². The monoisotopic (exact) mass is 393 g/mol. The zero-order valence-electron chi connectivity index (χ0n) is 14.4. The van der Waals surface area contributed by atoms with Crippen molar-refractivity contribution < 1.29 is 26.7 Å². The van der Waals surface area contributed by atoms with Gasteiger partial charge in [-0.05, 0) is 42.8 Å². The molecule has 8 heteroatoms. The largest absolute Gasteiger partial charge is 0.463 e. The fourth-order valence-corrected chi connectivity index (χ4v) is 4.53. The fraction of sp³-hybridized carbons (Fsp3) is 0.211. The van der Waals surface area contributed by atoms with E-state index in [4.69, 9.17) is 4.74 Å². The summed E-state index contributed by atoms with van der Waals surface area (Å²) >= 11 is 0. The molecule has 1 atom stereocenters. The SMILES string of the molecule is CCOC(=O)C1=CCN(S(=O)(=O)c2cccc(F)c2)C1c1ccc(F)cc1. The van der Waals surface area contributed by atoms with Gasteiger partial charge in [0.1, 0.15) is 11.6 Å². The average molecular weight is 393 g/mol. The van der Waals surface area contributed by atoms with E-state index in [1.165, 1.54) is 42.5 Å². The highest BCUT2D eigenvalue weighted by Gasteiger charge is 2.41. The third kappa shape index (κ3) is 3.77. The Kier molecular flexibility index (Phi) is 5.38. The van der Waals surface area contributed by atoms with Crippen LogP contribution < -0.4 is 0 Å². The Bertz CT molecular complexity index is 987. The number of hydrogen-bond acceptors (Lipinski definition) is 4. The molecule has 3 rings (SSSR count). The third-order valence-corrected chi connectivity index (χ3v) is 6.00. The van der Waals surface area contributed by atoms with Gasteiger partial charge in [-0.1, -0.05) is 24.3 Å². The molecule has 1 unspecified atom stereocenters. The van der Waals surface area contributed by atoms with Crippen LogP contribution in [0.15, 0.2) is 65.1 Å². The van der Waals surface area contributed by atoms with Crippen molar-refractivity contribution in [2.45, 2.75) is 17.9 Å². The van der Waals surface area contributed by atoms with Crippen molar-refractivity contribution in [3.8, 4) is 0 Å². The van der Waals surface area contributed by atoms with E-state index in [1.54, 1.807) is 6.92 Å². The summed E-state index contributed by atoms with van der Waals surface area (Å²) in [6.45, 7) is 1.68. The van der Waals surface area contributed by atoms with Gasteiger partial charge in [0.25, 0.3) is 0 Å². The Hall–Kier alpha value is -2.58. The number of halogens is 2. The molecule has 27 heavy (non-hydrogen) atoms. The zero-order valence-corrected chi connectivity index (χ0v) is 15.2. The summed E-state index contributed by atoms with van der Waals surface area (Å²) in [7, 11) is -4.11. The Balaban J connectivity index is 2.06. The number of carbonyl (C=O) groups is 1. The lowest BCUT2D eigenvalue weighted by atomic mass is 10.0. The van der Waals surface area contributed by atoms with E-state index in [9.17, 15) is 22.0 Å². The Labute approximate surface area is 155 Å². The molecular weight excluding hydrogens is 376 g/mol. The summed E-state index contributed by atoms with van der Waals surface area (Å²) in [5, 5.41) is 0. The van der Waals surface area contributed by atoms with E-state index >= 15 is 0 Å². The van der Waals surface area contributed by atoms with Gasteiger partial charge in [0.15, 0.2) is 0 Å². The number of benzene rings is 2. The molecule has 1 aliphatic heterocycles. The first kappa shape index (κ1) is 19.2. The van der Waals surface area contributed by atoms with Gasteiger partial charge in [0, 0.05) is 6.54 Å². The number of hydrogen-bond donors (Lipinski definition) is 0. The van der Waals surface area contributed by atoms with Crippen molar-refractivity contribution in [2.75, 3.05) is 13.2 Å². The standard InChI is InChI=1S/C19H17F2NO4S/c1-2-26-19(23)17-10-11-22(18(17)13-6-8-14(20)9-7-13)27(24,25)16-5-3-4-15(21)12-16/h3-10,12,18H,2,11H2,1H3. The topological polar surface area (TPSA) is 63.7 Å². The van der Waals surface area contributed by atoms with Crippen molar-refractivity contribution in [1.82, 2.24) is 4.31 Å². The van der Waals surface area contributed by atoms with Gasteiger partial charge in [0.05, 0.1) is 23.1 Å². The minimum absolute atomic E-state index is 0.0883. The first-order valence-electron chi connectivity index (χ1n) is 8.24. The van der Waals surface area contributed by atoms with Crippen molar-refractivity contribution in [2.24, 2.45) is 0 Å². The van der Waals surface area contributed by atoms with Crippen LogP contribution in [0.2, 0.25) is 0 Å². The van der Waals surface area contributed by atoms with Crippen LogP contribution in [0, 0.1) is 11.6 Å². The lowest BCUT2D eigenvalue weighted by Gasteiger charge is -2.26. The molecule has 0 saturated heterocycles. The normalized spacial score (nSPS) is 17.6. The summed E-state index contributed by atoms with van der Waals surface area (Å²) in [5.41, 5.74) is 0.552. The van der Waals surface area contributed by atoms with Gasteiger partial charge in [0.2, 0.25) is 10.0 Å². The molecule has 0 radical (unpaired) electrons. The summed E-state index contributed by atoms with van der Waals surface area (Å²) in [6, 6.07) is 8.83. The number of ether oxygens (including phenoxy) is 1. The second-order valence-electron chi connectivity index (χ2n) is 5.87. The third-order valence-electron chi connectivity index (χ3n) is 4.17. The van der Waals surface area contributed by atoms with Crippen LogP contribution in [0.25, 0.3) is 0 Å². The van der Waals surface area contributed by atoms with Crippen LogP contribution in [0.3, 0.4) is 0 Å². The van der Waals surface area contributed by atoms with E-state index in [1.807, 2.05) is 0 Å². The molecule has 5 nitrogen and oxygen atoms in total. The molecule has 0 fully saturated rings. The van der Waals surface area contributed by atoms with Crippen molar-refractivity contribution in [1.29, 1.82) is 0 Å². The highest BCUT2D eigenvalue weighted by atomic mass is 32.2. The van der Waals surface area contributed by atoms with Crippen LogP contribution in [0.1, 0.15) is 18.5 Å². The Morgan fingerprint density at radius 2 is 1.85 bits per heavy atom. The predicted octanol–water partition coefficient (Wildman–Crippen LogP) is 3.20. The predicted molar refractivity (Wildman–Crippen MR) is 94.1 cm³/mol. The zero-order chi connectivity index (χ0) is 19.6. The summed E-state index contributed by atoms with van der Waals surface area (Å²) < 4.78 is 59.1. The van der Waals surface area contributed by atoms with Crippen LogP contribution in [-0.2, 0) is 19.6 Å². The second-order valence-corrected chi connectivity index (χ2v) is 7.76. The molecule has 0 N–H and O–H groups in total. The molecule has 0 spiro atoms. The molecule has 2 aromatic rings.